The van der Waals surface area contributed by atoms with Crippen molar-refractivity contribution in [3.8, 4) is 5.75 Å². The maximum atomic E-state index is 13.1. The Morgan fingerprint density at radius 3 is 2.82 bits per heavy atom. The molecule has 1 fully saturated rings. The first kappa shape index (κ1) is 20.2. The molecule has 3 rings (SSSR count). The Kier molecular flexibility index (Phi) is 6.24. The second kappa shape index (κ2) is 8.65. The Bertz CT molecular complexity index is 861. The summed E-state index contributed by atoms with van der Waals surface area (Å²) in [6, 6.07) is 5.68. The Morgan fingerprint density at radius 1 is 1.36 bits per heavy atom. The molecule has 0 radical (unpaired) electrons. The van der Waals surface area contributed by atoms with Crippen molar-refractivity contribution in [2.24, 2.45) is 0 Å². The van der Waals surface area contributed by atoms with E-state index in [1.165, 1.54) is 11.3 Å². The molecule has 0 bridgehead atoms. The van der Waals surface area contributed by atoms with E-state index in [1.807, 2.05) is 25.1 Å². The van der Waals surface area contributed by atoms with Gasteiger partial charge in [0.05, 0.1) is 32.0 Å². The first-order valence-corrected chi connectivity index (χ1v) is 9.99. The van der Waals surface area contributed by atoms with Crippen molar-refractivity contribution in [1.82, 2.24) is 4.98 Å². The number of aromatic amines is 1. The number of nitrogens with one attached hydrogen (secondary N) is 3. The molecule has 1 aromatic heterocycles. The van der Waals surface area contributed by atoms with E-state index in [0.29, 0.717) is 17.5 Å². The van der Waals surface area contributed by atoms with Crippen molar-refractivity contribution in [2.75, 3.05) is 25.6 Å². The molecule has 1 aromatic carbocycles. The molecule has 28 heavy (non-hydrogen) atoms. The van der Waals surface area contributed by atoms with Crippen molar-refractivity contribution in [2.45, 2.75) is 52.1 Å². The Hall–Kier alpha value is -2.54. The number of likely N-dealkylation sites (tertiary alicyclic amines) is 1. The minimum Gasteiger partial charge on any atom is -0.497 e. The second-order valence-corrected chi connectivity index (χ2v) is 7.44. The number of anilines is 1. The minimum atomic E-state index is -0.487. The summed E-state index contributed by atoms with van der Waals surface area (Å²) in [6.45, 7) is 7.15. The zero-order valence-corrected chi connectivity index (χ0v) is 17.1. The highest BCUT2D eigenvalue weighted by Gasteiger charge is 2.33. The van der Waals surface area contributed by atoms with Crippen LogP contribution < -0.4 is 15.0 Å². The zero-order valence-electron chi connectivity index (χ0n) is 17.1. The number of amides is 1. The topological polar surface area (TPSA) is 84.9 Å². The first-order valence-electron chi connectivity index (χ1n) is 9.99. The fraction of sp³-hybridized carbons (Fsp3) is 0.524. The molecule has 1 unspecified atom stereocenters. The summed E-state index contributed by atoms with van der Waals surface area (Å²) in [4.78, 5) is 29.9. The number of H-pyrrole nitrogens is 1. The van der Waals surface area contributed by atoms with E-state index >= 15 is 0 Å². The highest BCUT2D eigenvalue weighted by molar-refractivity contribution is 6.11. The molecule has 0 saturated carbocycles. The number of carbonyl (C=O) groups is 2. The van der Waals surface area contributed by atoms with Crippen LogP contribution in [0.4, 0.5) is 5.69 Å². The molecule has 3 atom stereocenters. The number of hydrogen-bond acceptors (Lipinski definition) is 4. The second-order valence-electron chi connectivity index (χ2n) is 7.44. The Balaban J connectivity index is 1.94. The van der Waals surface area contributed by atoms with Gasteiger partial charge in [-0.3, -0.25) is 4.79 Å². The summed E-state index contributed by atoms with van der Waals surface area (Å²) < 4.78 is 10.5. The fourth-order valence-electron chi connectivity index (χ4n) is 4.04. The van der Waals surface area contributed by atoms with Gasteiger partial charge in [0.15, 0.2) is 6.04 Å². The molecule has 1 amide bonds. The largest absolute Gasteiger partial charge is 0.497 e. The van der Waals surface area contributed by atoms with Crippen LogP contribution in [0.5, 0.6) is 5.75 Å². The van der Waals surface area contributed by atoms with E-state index in [9.17, 15) is 9.59 Å². The molecule has 152 valence electrons. The molecule has 2 heterocycles. The first-order chi connectivity index (χ1) is 13.5. The predicted molar refractivity (Wildman–Crippen MR) is 108 cm³/mol. The zero-order chi connectivity index (χ0) is 20.3. The van der Waals surface area contributed by atoms with Gasteiger partial charge < -0.3 is 24.7 Å². The van der Waals surface area contributed by atoms with Crippen LogP contribution in [0.1, 0.15) is 50.5 Å². The number of ether oxygens (including phenoxy) is 2. The average Bonchev–Trinajstić information content (AvgIpc) is 3.05. The third kappa shape index (κ3) is 3.99. The number of rotatable bonds is 6. The number of fused-ring (bicyclic) bond motifs is 1. The molecular formula is C21H30N3O4+. The van der Waals surface area contributed by atoms with Crippen LogP contribution in [0.3, 0.4) is 0 Å². The number of benzene rings is 1. The highest BCUT2D eigenvalue weighted by Crippen LogP contribution is 2.31. The number of carbonyl (C=O) groups excluding carboxylic acids is 2. The van der Waals surface area contributed by atoms with Crippen LogP contribution in [0.15, 0.2) is 18.2 Å². The van der Waals surface area contributed by atoms with Crippen LogP contribution in [-0.2, 0) is 9.53 Å². The summed E-state index contributed by atoms with van der Waals surface area (Å²) in [7, 11) is 1.58. The normalized spacial score (nSPS) is 20.6. The number of esters is 1. The summed E-state index contributed by atoms with van der Waals surface area (Å²) in [5, 5.41) is 3.72. The lowest BCUT2D eigenvalue weighted by atomic mass is 10.0. The minimum absolute atomic E-state index is 0.0991. The number of piperidine rings is 1. The molecule has 1 saturated heterocycles. The monoisotopic (exact) mass is 388 g/mol. The lowest BCUT2D eigenvalue weighted by molar-refractivity contribution is -0.941. The van der Waals surface area contributed by atoms with E-state index in [0.717, 1.165) is 30.3 Å². The number of hydrogen-bond donors (Lipinski definition) is 3. The van der Waals surface area contributed by atoms with E-state index in [2.05, 4.69) is 17.2 Å². The molecule has 0 aliphatic carbocycles. The smallest absolute Gasteiger partial charge is 0.356 e. The van der Waals surface area contributed by atoms with E-state index in [4.69, 9.17) is 9.47 Å². The Labute approximate surface area is 165 Å². The van der Waals surface area contributed by atoms with Crippen molar-refractivity contribution in [3.05, 3.63) is 23.9 Å². The lowest BCUT2D eigenvalue weighted by Crippen LogP contribution is -3.20. The average molecular weight is 388 g/mol. The van der Waals surface area contributed by atoms with Crippen LogP contribution in [0, 0.1) is 0 Å². The van der Waals surface area contributed by atoms with E-state index in [-0.39, 0.29) is 24.2 Å². The molecule has 7 heteroatoms. The predicted octanol–water partition coefficient (Wildman–Crippen LogP) is 2.14. The standard InChI is InChI=1S/C21H29N3O4/c1-5-28-21(26)19-18(16-12-15(27-4)9-10-17(16)22-19)23-20(25)14(3)24-11-7-6-8-13(24)2/h9-10,12-14,22H,5-8,11H2,1-4H3,(H,23,25)/p+1/t13-,14+/m0/s1. The van der Waals surface area contributed by atoms with Gasteiger partial charge in [0.25, 0.3) is 5.91 Å². The van der Waals surface area contributed by atoms with Crippen LogP contribution in [0.25, 0.3) is 10.9 Å². The molecule has 3 N–H and O–H groups in total. The molecule has 1 aliphatic rings. The quantitative estimate of drug-likeness (QED) is 0.662. The van der Waals surface area contributed by atoms with E-state index < -0.39 is 5.97 Å². The van der Waals surface area contributed by atoms with Crippen molar-refractivity contribution < 1.29 is 24.0 Å². The van der Waals surface area contributed by atoms with Gasteiger partial charge in [0.1, 0.15) is 11.4 Å². The maximum Gasteiger partial charge on any atom is 0.356 e. The van der Waals surface area contributed by atoms with Crippen LogP contribution >= 0.6 is 0 Å². The van der Waals surface area contributed by atoms with Gasteiger partial charge >= 0.3 is 5.97 Å². The number of methoxy groups -OCH3 is 1. The number of aromatic nitrogens is 1. The third-order valence-electron chi connectivity index (χ3n) is 5.67. The van der Waals surface area contributed by atoms with Gasteiger partial charge in [-0.25, -0.2) is 4.79 Å². The lowest BCUT2D eigenvalue weighted by Gasteiger charge is -2.34. The van der Waals surface area contributed by atoms with Gasteiger partial charge in [-0.15, -0.1) is 0 Å². The van der Waals surface area contributed by atoms with Crippen molar-refractivity contribution in [3.63, 3.8) is 0 Å². The summed E-state index contributed by atoms with van der Waals surface area (Å²) in [5.74, 6) is 0.0676. The maximum absolute atomic E-state index is 13.1. The van der Waals surface area contributed by atoms with Crippen molar-refractivity contribution in [1.29, 1.82) is 0 Å². The summed E-state index contributed by atoms with van der Waals surface area (Å²) >= 11 is 0. The summed E-state index contributed by atoms with van der Waals surface area (Å²) in [5.41, 5.74) is 1.45. The SMILES string of the molecule is CCOC(=O)c1[nH]c2ccc(OC)cc2c1NC(=O)[C@@H](C)[NH+]1CCCC[C@@H]1C. The van der Waals surface area contributed by atoms with Crippen LogP contribution in [-0.4, -0.2) is 49.2 Å². The number of quaternary nitrogens is 1. The molecule has 7 nitrogen and oxygen atoms in total. The molecule has 1 aliphatic heterocycles. The van der Waals surface area contributed by atoms with E-state index in [1.54, 1.807) is 14.0 Å². The van der Waals surface area contributed by atoms with Crippen LogP contribution in [0.2, 0.25) is 0 Å². The molecule has 0 spiro atoms. The Morgan fingerprint density at radius 2 is 2.14 bits per heavy atom. The van der Waals surface area contributed by atoms with Gasteiger partial charge in [-0.05, 0) is 58.2 Å². The third-order valence-corrected chi connectivity index (χ3v) is 5.67. The van der Waals surface area contributed by atoms with Gasteiger partial charge in [0, 0.05) is 10.9 Å². The highest BCUT2D eigenvalue weighted by atomic mass is 16.5. The molecular weight excluding hydrogens is 358 g/mol. The van der Waals surface area contributed by atoms with Gasteiger partial charge in [-0.1, -0.05) is 0 Å². The van der Waals surface area contributed by atoms with Gasteiger partial charge in [-0.2, -0.15) is 0 Å². The summed E-state index contributed by atoms with van der Waals surface area (Å²) in [6.07, 6.45) is 3.48. The van der Waals surface area contributed by atoms with Gasteiger partial charge in [0.2, 0.25) is 0 Å². The fourth-order valence-corrected chi connectivity index (χ4v) is 4.04. The van der Waals surface area contributed by atoms with Crippen molar-refractivity contribution >= 4 is 28.5 Å². The molecule has 2 aromatic rings.